The number of fused-ring (bicyclic) bond motifs is 1. The predicted octanol–water partition coefficient (Wildman–Crippen LogP) is 12.0. The van der Waals surface area contributed by atoms with E-state index in [-0.39, 0.29) is 31.8 Å². The summed E-state index contributed by atoms with van der Waals surface area (Å²) < 4.78 is 94.8. The molecule has 2 aromatic heterocycles. The number of allylic oxidation sites excluding steroid dienone is 2. The molecule has 1 aliphatic rings. The Morgan fingerprint density at radius 2 is 1.16 bits per heavy atom. The van der Waals surface area contributed by atoms with Crippen molar-refractivity contribution in [2.75, 3.05) is 19.0 Å². The third-order valence-corrected chi connectivity index (χ3v) is 11.0. The van der Waals surface area contributed by atoms with E-state index in [2.05, 4.69) is 0 Å². The van der Waals surface area contributed by atoms with Crippen LogP contribution in [-0.2, 0) is 0 Å². The monoisotopic (exact) mass is 704 g/mol. The van der Waals surface area contributed by atoms with Crippen molar-refractivity contribution in [2.24, 2.45) is 0 Å². The second kappa shape index (κ2) is 12.4. The maximum absolute atomic E-state index is 15.9. The molecule has 0 atom stereocenters. The van der Waals surface area contributed by atoms with Crippen molar-refractivity contribution in [3.63, 3.8) is 0 Å². The van der Waals surface area contributed by atoms with E-state index in [0.29, 0.717) is 20.7 Å². The molecule has 0 saturated heterocycles. The molecule has 0 fully saturated rings. The summed E-state index contributed by atoms with van der Waals surface area (Å²) in [6, 6.07) is 21.5. The fraction of sp³-hybridized carbons (Fsp3) is 0.205. The summed E-state index contributed by atoms with van der Waals surface area (Å²) in [5.41, 5.74) is 0.852. The molecule has 0 amide bonds. The van der Waals surface area contributed by atoms with E-state index in [0.717, 1.165) is 39.5 Å². The molecule has 10 heteroatoms. The van der Waals surface area contributed by atoms with E-state index >= 15 is 26.3 Å². The first kappa shape index (κ1) is 34.3. The molecule has 0 spiro atoms. The molecule has 3 aromatic carbocycles. The van der Waals surface area contributed by atoms with Gasteiger partial charge in [-0.15, -0.1) is 22.7 Å². The smallest absolute Gasteiger partial charge is 0.378 e. The van der Waals surface area contributed by atoms with Gasteiger partial charge in [0.1, 0.15) is 0 Å². The molecular formula is C39H30F6N2S2. The number of anilines is 1. The van der Waals surface area contributed by atoms with Crippen molar-refractivity contribution >= 4 is 73.9 Å². The summed E-state index contributed by atoms with van der Waals surface area (Å²) in [4.78, 5) is 2.91. The highest BCUT2D eigenvalue weighted by Crippen LogP contribution is 2.66. The van der Waals surface area contributed by atoms with E-state index < -0.39 is 28.9 Å². The first-order chi connectivity index (χ1) is 23.1. The largest absolute Gasteiger partial charge is 0.380 e. The number of rotatable bonds is 7. The van der Waals surface area contributed by atoms with Gasteiger partial charge in [-0.1, -0.05) is 54.6 Å². The summed E-state index contributed by atoms with van der Waals surface area (Å²) in [6.07, 6.45) is 7.07. The fourth-order valence-electron chi connectivity index (χ4n) is 6.16. The number of aryl methyl sites for hydroxylation is 2. The van der Waals surface area contributed by atoms with E-state index in [1.807, 2.05) is 61.5 Å². The Labute approximate surface area is 288 Å². The van der Waals surface area contributed by atoms with Crippen LogP contribution in [0.5, 0.6) is 0 Å². The normalized spacial score (nSPS) is 16.7. The van der Waals surface area contributed by atoms with Crippen LogP contribution in [0, 0.1) is 32.1 Å². The van der Waals surface area contributed by atoms with Crippen LogP contribution >= 0.6 is 22.7 Å². The van der Waals surface area contributed by atoms with Gasteiger partial charge in [0.2, 0.25) is 0 Å². The minimum absolute atomic E-state index is 0.205. The Balaban J connectivity index is 1.47. The van der Waals surface area contributed by atoms with Crippen LogP contribution in [0.4, 0.5) is 32.0 Å². The number of nitrogens with zero attached hydrogens (tertiary/aromatic N) is 2. The first-order valence-corrected chi connectivity index (χ1v) is 16.9. The lowest BCUT2D eigenvalue weighted by Gasteiger charge is -2.26. The third kappa shape index (κ3) is 5.69. The highest BCUT2D eigenvalue weighted by Gasteiger charge is 2.80. The number of alkyl halides is 6. The van der Waals surface area contributed by atoms with Gasteiger partial charge in [0, 0.05) is 66.8 Å². The van der Waals surface area contributed by atoms with Gasteiger partial charge in [-0.05, 0) is 79.4 Å². The zero-order valence-corrected chi connectivity index (χ0v) is 28.8. The van der Waals surface area contributed by atoms with Gasteiger partial charge in [-0.25, -0.2) is 0 Å². The Morgan fingerprint density at radius 1 is 0.653 bits per heavy atom. The zero-order chi connectivity index (χ0) is 35.5. The van der Waals surface area contributed by atoms with Crippen molar-refractivity contribution in [1.82, 2.24) is 0 Å². The van der Waals surface area contributed by atoms with Crippen molar-refractivity contribution in [3.05, 3.63) is 120 Å². The SMILES string of the molecule is Cc1sc(C=Cc2ccc(C#N)cc2)c(C)c1C1=C(c2c(C)sc3cc(C=Cc4ccc(N(C)C)cc4)ccc23)C(F)(F)C(F)(F)C1(F)F. The van der Waals surface area contributed by atoms with Crippen LogP contribution in [0.3, 0.4) is 0 Å². The van der Waals surface area contributed by atoms with Gasteiger partial charge in [0.15, 0.2) is 0 Å². The van der Waals surface area contributed by atoms with Crippen LogP contribution in [0.25, 0.3) is 45.5 Å². The van der Waals surface area contributed by atoms with Gasteiger partial charge in [0.05, 0.1) is 11.6 Å². The van der Waals surface area contributed by atoms with Crippen molar-refractivity contribution in [1.29, 1.82) is 5.26 Å². The Morgan fingerprint density at radius 3 is 1.76 bits per heavy atom. The highest BCUT2D eigenvalue weighted by atomic mass is 32.1. The summed E-state index contributed by atoms with van der Waals surface area (Å²) in [7, 11) is 3.89. The maximum atomic E-state index is 15.9. The molecule has 0 unspecified atom stereocenters. The van der Waals surface area contributed by atoms with E-state index in [4.69, 9.17) is 5.26 Å². The van der Waals surface area contributed by atoms with Gasteiger partial charge >= 0.3 is 17.8 Å². The molecule has 5 aromatic rings. The van der Waals surface area contributed by atoms with E-state index in [9.17, 15) is 0 Å². The second-order valence-corrected chi connectivity index (χ2v) is 14.7. The Kier molecular flexibility index (Phi) is 8.66. The van der Waals surface area contributed by atoms with Crippen LogP contribution in [0.2, 0.25) is 0 Å². The summed E-state index contributed by atoms with van der Waals surface area (Å²) >= 11 is 2.17. The second-order valence-electron chi connectivity index (χ2n) is 12.2. The van der Waals surface area contributed by atoms with Crippen molar-refractivity contribution in [2.45, 2.75) is 38.5 Å². The van der Waals surface area contributed by atoms with Crippen LogP contribution < -0.4 is 4.90 Å². The zero-order valence-electron chi connectivity index (χ0n) is 27.1. The first-order valence-electron chi connectivity index (χ1n) is 15.2. The molecule has 2 heterocycles. The topological polar surface area (TPSA) is 27.0 Å². The minimum atomic E-state index is -5.66. The minimum Gasteiger partial charge on any atom is -0.378 e. The molecule has 0 radical (unpaired) electrons. The summed E-state index contributed by atoms with van der Waals surface area (Å²) in [6.45, 7) is 4.46. The molecule has 49 heavy (non-hydrogen) atoms. The van der Waals surface area contributed by atoms with Crippen LogP contribution in [-0.4, -0.2) is 31.9 Å². The molecular weight excluding hydrogens is 675 g/mol. The number of halogens is 6. The number of nitriles is 1. The molecule has 2 nitrogen and oxygen atoms in total. The van der Waals surface area contributed by atoms with Gasteiger partial charge in [-0.3, -0.25) is 0 Å². The van der Waals surface area contributed by atoms with Gasteiger partial charge in [-0.2, -0.15) is 31.6 Å². The molecule has 0 N–H and O–H groups in total. The third-order valence-electron chi connectivity index (χ3n) is 8.76. The van der Waals surface area contributed by atoms with E-state index in [1.54, 1.807) is 48.6 Å². The molecule has 1 aliphatic carbocycles. The van der Waals surface area contributed by atoms with Gasteiger partial charge in [0.25, 0.3) is 0 Å². The lowest BCUT2D eigenvalue weighted by atomic mass is 9.91. The number of thiophene rings is 2. The quantitative estimate of drug-likeness (QED) is 0.125. The average Bonchev–Trinajstić information content (AvgIpc) is 3.56. The fourth-order valence-corrected chi connectivity index (χ4v) is 8.36. The highest BCUT2D eigenvalue weighted by molar-refractivity contribution is 7.19. The summed E-state index contributed by atoms with van der Waals surface area (Å²) in [5.74, 6) is -16.0. The van der Waals surface area contributed by atoms with E-state index in [1.165, 1.54) is 26.8 Å². The Hall–Kier alpha value is -4.59. The van der Waals surface area contributed by atoms with Crippen molar-refractivity contribution in [3.8, 4) is 6.07 Å². The number of hydrogen-bond acceptors (Lipinski definition) is 4. The number of hydrogen-bond donors (Lipinski definition) is 0. The molecule has 0 aliphatic heterocycles. The van der Waals surface area contributed by atoms with Crippen molar-refractivity contribution < 1.29 is 26.3 Å². The maximum Gasteiger partial charge on any atom is 0.380 e. The van der Waals surface area contributed by atoms with Crippen LogP contribution in [0.15, 0.2) is 66.7 Å². The lowest BCUT2D eigenvalue weighted by molar-refractivity contribution is -0.254. The lowest BCUT2D eigenvalue weighted by Crippen LogP contribution is -2.49. The Bertz CT molecular complexity index is 2210. The molecule has 0 bridgehead atoms. The number of benzene rings is 3. The average molecular weight is 705 g/mol. The molecule has 6 rings (SSSR count). The summed E-state index contributed by atoms with van der Waals surface area (Å²) in [5, 5.41) is 9.25. The van der Waals surface area contributed by atoms with Gasteiger partial charge < -0.3 is 4.90 Å². The molecule has 250 valence electrons. The standard InChI is InChI=1S/C39H30F6N2S2/c1-22-31(19-15-25-7-10-28(21-46)11-8-25)48-23(2)33(22)35-36(38(42,43)39(44,45)37(35,40)41)34-24(3)49-32-20-27(14-18-30(32)34)9-6-26-12-16-29(17-13-26)47(4)5/h6-20H,1-5H3. The van der Waals surface area contributed by atoms with Crippen LogP contribution in [0.1, 0.15) is 53.6 Å². The predicted molar refractivity (Wildman–Crippen MR) is 192 cm³/mol. The molecule has 0 saturated carbocycles.